The van der Waals surface area contributed by atoms with Crippen molar-refractivity contribution in [2.75, 3.05) is 44.2 Å². The normalized spacial score (nSPS) is 14.9. The summed E-state index contributed by atoms with van der Waals surface area (Å²) in [5, 5.41) is 12.3. The van der Waals surface area contributed by atoms with E-state index in [1.54, 1.807) is 17.0 Å². The minimum absolute atomic E-state index is 0.0212. The molecule has 1 aliphatic heterocycles. The van der Waals surface area contributed by atoms with Crippen LogP contribution in [0, 0.1) is 0 Å². The quantitative estimate of drug-likeness (QED) is 0.669. The van der Waals surface area contributed by atoms with Gasteiger partial charge in [-0.2, -0.15) is 0 Å². The Kier molecular flexibility index (Phi) is 4.99. The Hall–Kier alpha value is -2.28. The highest BCUT2D eigenvalue weighted by Crippen LogP contribution is 2.27. The molecule has 0 spiro atoms. The minimum atomic E-state index is -0.337. The molecule has 2 rings (SSSR count). The molecule has 2 amide bonds. The first-order valence-electron chi connectivity index (χ1n) is 6.89. The number of aromatic hydroxyl groups is 1. The molecular weight excluding hydrogens is 272 g/mol. The molecule has 21 heavy (non-hydrogen) atoms. The van der Waals surface area contributed by atoms with Crippen molar-refractivity contribution in [2.24, 2.45) is 5.73 Å². The number of amides is 2. The van der Waals surface area contributed by atoms with Gasteiger partial charge in [0.05, 0.1) is 18.8 Å². The summed E-state index contributed by atoms with van der Waals surface area (Å²) in [6, 6.07) is 7.15. The van der Waals surface area contributed by atoms with Gasteiger partial charge in [0.25, 0.3) is 0 Å². The summed E-state index contributed by atoms with van der Waals surface area (Å²) < 4.78 is 0. The second-order valence-corrected chi connectivity index (χ2v) is 4.84. The van der Waals surface area contributed by atoms with Crippen molar-refractivity contribution in [3.63, 3.8) is 0 Å². The maximum absolute atomic E-state index is 11.9. The van der Waals surface area contributed by atoms with Gasteiger partial charge < -0.3 is 26.0 Å². The second kappa shape index (κ2) is 6.94. The molecule has 7 nitrogen and oxygen atoms in total. The van der Waals surface area contributed by atoms with Crippen LogP contribution in [0.2, 0.25) is 0 Å². The maximum atomic E-state index is 11.9. The van der Waals surface area contributed by atoms with Crippen LogP contribution in [-0.2, 0) is 9.59 Å². The molecule has 1 heterocycles. The molecule has 114 valence electrons. The van der Waals surface area contributed by atoms with E-state index in [9.17, 15) is 14.7 Å². The highest BCUT2D eigenvalue weighted by Gasteiger charge is 2.22. The van der Waals surface area contributed by atoms with Crippen molar-refractivity contribution in [3.05, 3.63) is 24.3 Å². The molecule has 0 radical (unpaired) electrons. The van der Waals surface area contributed by atoms with Gasteiger partial charge in [0.2, 0.25) is 11.8 Å². The first-order valence-corrected chi connectivity index (χ1v) is 6.89. The average Bonchev–Trinajstić information content (AvgIpc) is 2.53. The smallest absolute Gasteiger partial charge is 0.242 e. The van der Waals surface area contributed by atoms with Crippen molar-refractivity contribution < 1.29 is 14.7 Å². The van der Waals surface area contributed by atoms with Crippen LogP contribution in [0.15, 0.2) is 24.3 Å². The van der Waals surface area contributed by atoms with Crippen LogP contribution in [0.25, 0.3) is 0 Å². The number of carbonyl (C=O) groups is 2. The van der Waals surface area contributed by atoms with Crippen molar-refractivity contribution in [1.29, 1.82) is 0 Å². The number of nitrogens with zero attached hydrogens (tertiary/aromatic N) is 2. The Morgan fingerprint density at radius 1 is 1.19 bits per heavy atom. The minimum Gasteiger partial charge on any atom is -0.506 e. The largest absolute Gasteiger partial charge is 0.506 e. The highest BCUT2D eigenvalue weighted by atomic mass is 16.3. The van der Waals surface area contributed by atoms with Crippen LogP contribution in [0.1, 0.15) is 0 Å². The summed E-state index contributed by atoms with van der Waals surface area (Å²) in [4.78, 5) is 26.7. The fourth-order valence-electron chi connectivity index (χ4n) is 2.29. The maximum Gasteiger partial charge on any atom is 0.242 e. The zero-order valence-electron chi connectivity index (χ0n) is 11.8. The summed E-state index contributed by atoms with van der Waals surface area (Å²) in [6.45, 7) is 2.28. The summed E-state index contributed by atoms with van der Waals surface area (Å²) in [5.74, 6) is -0.211. The first kappa shape index (κ1) is 15.1. The number of anilines is 1. The van der Waals surface area contributed by atoms with Crippen molar-refractivity contribution in [1.82, 2.24) is 10.2 Å². The number of para-hydroxylation sites is 2. The lowest BCUT2D eigenvalue weighted by atomic mass is 10.2. The number of piperazine rings is 1. The fraction of sp³-hybridized carbons (Fsp3) is 0.429. The second-order valence-electron chi connectivity index (χ2n) is 4.84. The Morgan fingerprint density at radius 3 is 2.48 bits per heavy atom. The molecule has 1 aromatic rings. The van der Waals surface area contributed by atoms with Crippen LogP contribution < -0.4 is 16.0 Å². The molecular formula is C14H20N4O3. The van der Waals surface area contributed by atoms with Gasteiger partial charge in [-0.05, 0) is 12.1 Å². The lowest BCUT2D eigenvalue weighted by Crippen LogP contribution is -2.51. The zero-order valence-corrected chi connectivity index (χ0v) is 11.8. The van der Waals surface area contributed by atoms with Gasteiger partial charge in [-0.3, -0.25) is 9.59 Å². The highest BCUT2D eigenvalue weighted by molar-refractivity contribution is 5.85. The molecule has 4 N–H and O–H groups in total. The van der Waals surface area contributed by atoms with Gasteiger partial charge in [0, 0.05) is 26.2 Å². The van der Waals surface area contributed by atoms with Gasteiger partial charge in [0.1, 0.15) is 5.75 Å². The number of nitrogens with one attached hydrogen (secondary N) is 1. The van der Waals surface area contributed by atoms with Gasteiger partial charge >= 0.3 is 0 Å². The molecule has 0 saturated carbocycles. The topological polar surface area (TPSA) is 98.9 Å². The third-order valence-corrected chi connectivity index (χ3v) is 3.48. The third-order valence-electron chi connectivity index (χ3n) is 3.48. The summed E-state index contributed by atoms with van der Waals surface area (Å²) in [6.07, 6.45) is 0. The van der Waals surface area contributed by atoms with E-state index in [1.807, 2.05) is 17.0 Å². The predicted molar refractivity (Wildman–Crippen MR) is 79.0 cm³/mol. The first-order chi connectivity index (χ1) is 10.1. The van der Waals surface area contributed by atoms with E-state index in [-0.39, 0.29) is 30.7 Å². The van der Waals surface area contributed by atoms with Crippen LogP contribution in [-0.4, -0.2) is 61.1 Å². The summed E-state index contributed by atoms with van der Waals surface area (Å²) >= 11 is 0. The van der Waals surface area contributed by atoms with Gasteiger partial charge in [-0.1, -0.05) is 12.1 Å². The fourth-order valence-corrected chi connectivity index (χ4v) is 2.29. The molecule has 1 aliphatic rings. The van der Waals surface area contributed by atoms with E-state index in [4.69, 9.17) is 5.73 Å². The monoisotopic (exact) mass is 292 g/mol. The summed E-state index contributed by atoms with van der Waals surface area (Å²) in [5.41, 5.74) is 5.94. The molecule has 0 unspecified atom stereocenters. The summed E-state index contributed by atoms with van der Waals surface area (Å²) in [7, 11) is 0. The lowest BCUT2D eigenvalue weighted by molar-refractivity contribution is -0.132. The van der Waals surface area contributed by atoms with Gasteiger partial charge in [0.15, 0.2) is 0 Å². The number of benzene rings is 1. The average molecular weight is 292 g/mol. The predicted octanol–water partition coefficient (Wildman–Crippen LogP) is -0.884. The van der Waals surface area contributed by atoms with Crippen molar-refractivity contribution in [3.8, 4) is 5.75 Å². The van der Waals surface area contributed by atoms with Crippen LogP contribution in [0.3, 0.4) is 0 Å². The molecule has 0 aliphatic carbocycles. The zero-order chi connectivity index (χ0) is 15.2. The van der Waals surface area contributed by atoms with E-state index < -0.39 is 0 Å². The van der Waals surface area contributed by atoms with Crippen molar-refractivity contribution in [2.45, 2.75) is 0 Å². The van der Waals surface area contributed by atoms with Gasteiger partial charge in [-0.15, -0.1) is 0 Å². The number of hydrogen-bond donors (Lipinski definition) is 3. The van der Waals surface area contributed by atoms with E-state index in [0.29, 0.717) is 26.2 Å². The molecule has 7 heteroatoms. The number of carbonyl (C=O) groups excluding carboxylic acids is 2. The Labute approximate surface area is 123 Å². The van der Waals surface area contributed by atoms with E-state index in [2.05, 4.69) is 5.32 Å². The number of hydrogen-bond acceptors (Lipinski definition) is 5. The number of nitrogens with two attached hydrogens (primary N) is 1. The lowest BCUT2D eigenvalue weighted by Gasteiger charge is -2.36. The molecule has 0 aromatic heterocycles. The van der Waals surface area contributed by atoms with Crippen LogP contribution in [0.5, 0.6) is 5.75 Å². The van der Waals surface area contributed by atoms with E-state index >= 15 is 0 Å². The Bertz CT molecular complexity index is 513. The molecule has 1 saturated heterocycles. The van der Waals surface area contributed by atoms with Gasteiger partial charge in [-0.25, -0.2) is 0 Å². The number of phenolic OH excluding ortho intramolecular Hbond substituents is 1. The SMILES string of the molecule is NCC(=O)NCC(=O)N1CCN(c2ccccc2O)CC1. The molecule has 1 aromatic carbocycles. The number of rotatable bonds is 4. The van der Waals surface area contributed by atoms with Crippen LogP contribution in [0.4, 0.5) is 5.69 Å². The Balaban J connectivity index is 1.84. The number of phenols is 1. The molecule has 1 fully saturated rings. The molecule has 0 bridgehead atoms. The standard InChI is InChI=1S/C14H20N4O3/c15-9-13(20)16-10-14(21)18-7-5-17(6-8-18)11-3-1-2-4-12(11)19/h1-4,19H,5-10,15H2,(H,16,20). The van der Waals surface area contributed by atoms with E-state index in [1.165, 1.54) is 0 Å². The Morgan fingerprint density at radius 2 is 1.86 bits per heavy atom. The van der Waals surface area contributed by atoms with E-state index in [0.717, 1.165) is 5.69 Å². The third kappa shape index (κ3) is 3.85. The van der Waals surface area contributed by atoms with Crippen LogP contribution >= 0.6 is 0 Å². The molecule has 0 atom stereocenters. The van der Waals surface area contributed by atoms with Crippen molar-refractivity contribution >= 4 is 17.5 Å².